The number of anilines is 1. The van der Waals surface area contributed by atoms with Gasteiger partial charge in [0.15, 0.2) is 0 Å². The first-order valence-corrected chi connectivity index (χ1v) is 9.55. The first-order chi connectivity index (χ1) is 13.6. The predicted octanol–water partition coefficient (Wildman–Crippen LogP) is 5.04. The van der Waals surface area contributed by atoms with Gasteiger partial charge >= 0.3 is 0 Å². The van der Waals surface area contributed by atoms with Crippen LogP contribution in [0.25, 0.3) is 16.8 Å². The van der Waals surface area contributed by atoms with Crippen molar-refractivity contribution in [2.24, 2.45) is 0 Å². The van der Waals surface area contributed by atoms with E-state index in [1.54, 1.807) is 24.3 Å². The highest BCUT2D eigenvalue weighted by Crippen LogP contribution is 2.24. The number of benzene rings is 3. The third-order valence-corrected chi connectivity index (χ3v) is 4.94. The van der Waals surface area contributed by atoms with Gasteiger partial charge in [-0.3, -0.25) is 9.59 Å². The molecule has 0 spiro atoms. The molecule has 4 nitrogen and oxygen atoms in total. The standard InChI is InChI=1S/C23H19ClN2O2/c24-21-14-18(11-12-20(21)23(28)26-17-9-10-17)25-22(27)13-8-16-6-3-5-15-4-1-2-7-19(15)16/h1-8,11-14,17H,9-10H2,(H,25,27)(H,26,28)/b13-8+. The number of carbonyl (C=O) groups excluding carboxylic acids is 2. The molecular weight excluding hydrogens is 372 g/mol. The highest BCUT2D eigenvalue weighted by molar-refractivity contribution is 6.34. The summed E-state index contributed by atoms with van der Waals surface area (Å²) in [5.41, 5.74) is 1.93. The molecule has 3 aromatic rings. The number of fused-ring (bicyclic) bond motifs is 1. The van der Waals surface area contributed by atoms with Crippen LogP contribution in [0.4, 0.5) is 5.69 Å². The van der Waals surface area contributed by atoms with E-state index in [2.05, 4.69) is 10.6 Å². The summed E-state index contributed by atoms with van der Waals surface area (Å²) in [6.45, 7) is 0. The Bertz CT molecular complexity index is 1080. The van der Waals surface area contributed by atoms with Crippen molar-refractivity contribution in [1.29, 1.82) is 0 Å². The number of rotatable bonds is 5. The summed E-state index contributed by atoms with van der Waals surface area (Å²) in [6, 6.07) is 19.2. The van der Waals surface area contributed by atoms with Crippen LogP contribution in [0, 0.1) is 0 Å². The molecule has 2 N–H and O–H groups in total. The van der Waals surface area contributed by atoms with E-state index < -0.39 is 0 Å². The maximum absolute atomic E-state index is 12.3. The monoisotopic (exact) mass is 390 g/mol. The molecule has 0 saturated heterocycles. The van der Waals surface area contributed by atoms with E-state index in [0.29, 0.717) is 16.3 Å². The van der Waals surface area contributed by atoms with E-state index in [4.69, 9.17) is 11.6 Å². The summed E-state index contributed by atoms with van der Waals surface area (Å²) >= 11 is 6.22. The van der Waals surface area contributed by atoms with Gasteiger partial charge in [0.05, 0.1) is 10.6 Å². The minimum absolute atomic E-state index is 0.179. The molecule has 0 unspecified atom stereocenters. The van der Waals surface area contributed by atoms with Crippen molar-refractivity contribution in [3.05, 3.63) is 82.9 Å². The highest BCUT2D eigenvalue weighted by Gasteiger charge is 2.24. The smallest absolute Gasteiger partial charge is 0.253 e. The molecule has 28 heavy (non-hydrogen) atoms. The summed E-state index contributed by atoms with van der Waals surface area (Å²) < 4.78 is 0. The molecular formula is C23H19ClN2O2. The first-order valence-electron chi connectivity index (χ1n) is 9.17. The predicted molar refractivity (Wildman–Crippen MR) is 114 cm³/mol. The lowest BCUT2D eigenvalue weighted by molar-refractivity contribution is -0.111. The highest BCUT2D eigenvalue weighted by atomic mass is 35.5. The Morgan fingerprint density at radius 2 is 1.79 bits per heavy atom. The molecule has 2 amide bonds. The molecule has 140 valence electrons. The Labute approximate surface area is 168 Å². The lowest BCUT2D eigenvalue weighted by Crippen LogP contribution is -2.25. The van der Waals surface area contributed by atoms with Gasteiger partial charge in [0.1, 0.15) is 0 Å². The van der Waals surface area contributed by atoms with E-state index in [0.717, 1.165) is 29.2 Å². The molecule has 0 atom stereocenters. The van der Waals surface area contributed by atoms with Gasteiger partial charge in [-0.05, 0) is 53.5 Å². The summed E-state index contributed by atoms with van der Waals surface area (Å²) in [7, 11) is 0. The second-order valence-electron chi connectivity index (χ2n) is 6.83. The van der Waals surface area contributed by atoms with Crippen LogP contribution in [-0.4, -0.2) is 17.9 Å². The van der Waals surface area contributed by atoms with Crippen LogP contribution in [0.1, 0.15) is 28.8 Å². The molecule has 1 fully saturated rings. The van der Waals surface area contributed by atoms with Crippen LogP contribution >= 0.6 is 11.6 Å². The fourth-order valence-corrected chi connectivity index (χ4v) is 3.28. The Balaban J connectivity index is 1.45. The van der Waals surface area contributed by atoms with Gasteiger partial charge in [-0.25, -0.2) is 0 Å². The zero-order valence-electron chi connectivity index (χ0n) is 15.1. The minimum atomic E-state index is -0.265. The average Bonchev–Trinajstić information content (AvgIpc) is 3.50. The van der Waals surface area contributed by atoms with Crippen LogP contribution in [0.3, 0.4) is 0 Å². The van der Waals surface area contributed by atoms with Crippen molar-refractivity contribution in [1.82, 2.24) is 5.32 Å². The molecule has 4 rings (SSSR count). The van der Waals surface area contributed by atoms with Gasteiger partial charge < -0.3 is 10.6 Å². The van der Waals surface area contributed by atoms with Crippen LogP contribution in [0.15, 0.2) is 66.7 Å². The van der Waals surface area contributed by atoms with Gasteiger partial charge in [-0.2, -0.15) is 0 Å². The Kier molecular flexibility index (Phi) is 5.13. The number of hydrogen-bond donors (Lipinski definition) is 2. The van der Waals surface area contributed by atoms with E-state index in [1.807, 2.05) is 42.5 Å². The van der Waals surface area contributed by atoms with E-state index in [-0.39, 0.29) is 17.9 Å². The van der Waals surface area contributed by atoms with Crippen molar-refractivity contribution in [3.63, 3.8) is 0 Å². The van der Waals surface area contributed by atoms with Crippen molar-refractivity contribution in [2.75, 3.05) is 5.32 Å². The maximum atomic E-state index is 12.3. The van der Waals surface area contributed by atoms with Crippen molar-refractivity contribution >= 4 is 46.0 Å². The molecule has 0 bridgehead atoms. The SMILES string of the molecule is O=C(/C=C/c1cccc2ccccc12)Nc1ccc(C(=O)NC2CC2)c(Cl)c1. The number of hydrogen-bond acceptors (Lipinski definition) is 2. The van der Waals surface area contributed by atoms with Crippen molar-refractivity contribution < 1.29 is 9.59 Å². The van der Waals surface area contributed by atoms with Crippen LogP contribution in [0.2, 0.25) is 5.02 Å². The number of halogens is 1. The largest absolute Gasteiger partial charge is 0.349 e. The molecule has 0 radical (unpaired) electrons. The van der Waals surface area contributed by atoms with Gasteiger partial charge in [0.2, 0.25) is 5.91 Å². The van der Waals surface area contributed by atoms with E-state index in [9.17, 15) is 9.59 Å². The minimum Gasteiger partial charge on any atom is -0.349 e. The average molecular weight is 391 g/mol. The lowest BCUT2D eigenvalue weighted by atomic mass is 10.0. The Morgan fingerprint density at radius 1 is 1.00 bits per heavy atom. The second-order valence-corrected chi connectivity index (χ2v) is 7.24. The Morgan fingerprint density at radius 3 is 2.57 bits per heavy atom. The zero-order chi connectivity index (χ0) is 19.5. The summed E-state index contributed by atoms with van der Waals surface area (Å²) in [5, 5.41) is 8.20. The van der Waals surface area contributed by atoms with Gasteiger partial charge in [-0.1, -0.05) is 54.1 Å². The maximum Gasteiger partial charge on any atom is 0.253 e. The summed E-state index contributed by atoms with van der Waals surface area (Å²) in [6.07, 6.45) is 5.31. The van der Waals surface area contributed by atoms with E-state index >= 15 is 0 Å². The van der Waals surface area contributed by atoms with Crippen LogP contribution < -0.4 is 10.6 Å². The molecule has 0 aliphatic heterocycles. The molecule has 5 heteroatoms. The van der Waals surface area contributed by atoms with Crippen LogP contribution in [0.5, 0.6) is 0 Å². The molecule has 1 aliphatic rings. The Hall–Kier alpha value is -3.11. The quantitative estimate of drug-likeness (QED) is 0.600. The number of amides is 2. The molecule has 0 heterocycles. The topological polar surface area (TPSA) is 58.2 Å². The second kappa shape index (κ2) is 7.87. The fraction of sp³-hybridized carbons (Fsp3) is 0.130. The van der Waals surface area contributed by atoms with Crippen LogP contribution in [-0.2, 0) is 4.79 Å². The molecule has 1 saturated carbocycles. The summed E-state index contributed by atoms with van der Waals surface area (Å²) in [4.78, 5) is 24.4. The van der Waals surface area contributed by atoms with Gasteiger partial charge in [-0.15, -0.1) is 0 Å². The third kappa shape index (κ3) is 4.24. The van der Waals surface area contributed by atoms with Crippen molar-refractivity contribution in [2.45, 2.75) is 18.9 Å². The van der Waals surface area contributed by atoms with Gasteiger partial charge in [0.25, 0.3) is 5.91 Å². The lowest BCUT2D eigenvalue weighted by Gasteiger charge is -2.08. The number of nitrogens with one attached hydrogen (secondary N) is 2. The molecule has 3 aromatic carbocycles. The fourth-order valence-electron chi connectivity index (χ4n) is 3.01. The van der Waals surface area contributed by atoms with Gasteiger partial charge in [0, 0.05) is 17.8 Å². The summed E-state index contributed by atoms with van der Waals surface area (Å²) in [5.74, 6) is -0.444. The molecule has 1 aliphatic carbocycles. The zero-order valence-corrected chi connectivity index (χ0v) is 15.9. The normalized spacial score (nSPS) is 13.6. The third-order valence-electron chi connectivity index (χ3n) is 4.63. The molecule has 0 aromatic heterocycles. The van der Waals surface area contributed by atoms with E-state index in [1.165, 1.54) is 6.08 Å². The first kappa shape index (κ1) is 18.3. The van der Waals surface area contributed by atoms with Crippen molar-refractivity contribution in [3.8, 4) is 0 Å². The number of carbonyl (C=O) groups is 2.